The lowest BCUT2D eigenvalue weighted by Gasteiger charge is -2.01. The van der Waals surface area contributed by atoms with Crippen LogP contribution in [0.3, 0.4) is 0 Å². The quantitative estimate of drug-likeness (QED) is 0.697. The molecule has 1 heterocycles. The van der Waals surface area contributed by atoms with Crippen LogP contribution in [0.4, 0.5) is 5.13 Å². The molecule has 1 unspecified atom stereocenters. The van der Waals surface area contributed by atoms with Crippen molar-refractivity contribution in [1.29, 1.82) is 0 Å². The van der Waals surface area contributed by atoms with Gasteiger partial charge < -0.3 is 15.8 Å². The standard InChI is InChI=1S/C9H17N3OS/c1-7(10)5-8-6-14-9(12-8)11-3-4-13-2/h6-7H,3-5,10H2,1-2H3,(H,11,12). The van der Waals surface area contributed by atoms with E-state index >= 15 is 0 Å². The van der Waals surface area contributed by atoms with Gasteiger partial charge in [-0.1, -0.05) is 0 Å². The number of nitrogens with zero attached hydrogens (tertiary/aromatic N) is 1. The maximum atomic E-state index is 5.68. The monoisotopic (exact) mass is 215 g/mol. The van der Waals surface area contributed by atoms with Gasteiger partial charge in [0.05, 0.1) is 12.3 Å². The molecular formula is C9H17N3OS. The zero-order valence-electron chi connectivity index (χ0n) is 8.62. The lowest BCUT2D eigenvalue weighted by molar-refractivity contribution is 0.211. The lowest BCUT2D eigenvalue weighted by Crippen LogP contribution is -2.18. The third-order valence-corrected chi connectivity index (χ3v) is 2.51. The van der Waals surface area contributed by atoms with E-state index in [0.29, 0.717) is 6.61 Å². The number of ether oxygens (including phenoxy) is 1. The van der Waals surface area contributed by atoms with Crippen molar-refractivity contribution in [2.75, 3.05) is 25.6 Å². The van der Waals surface area contributed by atoms with E-state index in [-0.39, 0.29) is 6.04 Å². The van der Waals surface area contributed by atoms with Gasteiger partial charge in [-0.3, -0.25) is 0 Å². The van der Waals surface area contributed by atoms with E-state index in [1.54, 1.807) is 18.4 Å². The first-order valence-corrected chi connectivity index (χ1v) is 5.53. The molecule has 14 heavy (non-hydrogen) atoms. The normalized spacial score (nSPS) is 12.8. The Balaban J connectivity index is 2.35. The van der Waals surface area contributed by atoms with Crippen molar-refractivity contribution in [3.63, 3.8) is 0 Å². The first-order valence-electron chi connectivity index (χ1n) is 4.65. The Morgan fingerprint density at radius 3 is 3.14 bits per heavy atom. The summed E-state index contributed by atoms with van der Waals surface area (Å²) >= 11 is 1.61. The van der Waals surface area contributed by atoms with Crippen LogP contribution in [0, 0.1) is 0 Å². The molecule has 1 atom stereocenters. The molecule has 0 saturated carbocycles. The number of nitrogens with two attached hydrogens (primary N) is 1. The molecule has 0 radical (unpaired) electrons. The van der Waals surface area contributed by atoms with Crippen LogP contribution in [0.2, 0.25) is 0 Å². The summed E-state index contributed by atoms with van der Waals surface area (Å²) in [5.41, 5.74) is 6.74. The molecule has 3 N–H and O–H groups in total. The Bertz CT molecular complexity index is 262. The molecule has 4 nitrogen and oxygen atoms in total. The zero-order valence-corrected chi connectivity index (χ0v) is 9.43. The average molecular weight is 215 g/mol. The molecule has 0 aromatic carbocycles. The Kier molecular flexibility index (Phi) is 4.86. The number of anilines is 1. The van der Waals surface area contributed by atoms with Crippen molar-refractivity contribution in [1.82, 2.24) is 4.98 Å². The molecule has 1 aromatic heterocycles. The molecule has 0 fully saturated rings. The van der Waals surface area contributed by atoms with Crippen LogP contribution in [-0.4, -0.2) is 31.3 Å². The van der Waals surface area contributed by atoms with Crippen LogP contribution in [0.1, 0.15) is 12.6 Å². The van der Waals surface area contributed by atoms with Crippen LogP contribution < -0.4 is 11.1 Å². The van der Waals surface area contributed by atoms with Crippen LogP contribution >= 0.6 is 11.3 Å². The molecular weight excluding hydrogens is 198 g/mol. The van der Waals surface area contributed by atoms with Gasteiger partial charge in [0.1, 0.15) is 0 Å². The lowest BCUT2D eigenvalue weighted by atomic mass is 10.2. The number of nitrogens with one attached hydrogen (secondary N) is 1. The summed E-state index contributed by atoms with van der Waals surface area (Å²) in [7, 11) is 1.69. The second kappa shape index (κ2) is 5.95. The molecule has 5 heteroatoms. The van der Waals surface area contributed by atoms with E-state index in [0.717, 1.165) is 23.8 Å². The highest BCUT2D eigenvalue weighted by atomic mass is 32.1. The molecule has 0 bridgehead atoms. The Hall–Kier alpha value is -0.650. The highest BCUT2D eigenvalue weighted by Gasteiger charge is 2.03. The smallest absolute Gasteiger partial charge is 0.182 e. The number of methoxy groups -OCH3 is 1. The minimum absolute atomic E-state index is 0.170. The molecule has 0 spiro atoms. The minimum atomic E-state index is 0.170. The summed E-state index contributed by atoms with van der Waals surface area (Å²) in [5, 5.41) is 6.16. The molecule has 0 aliphatic carbocycles. The van der Waals surface area contributed by atoms with E-state index in [1.807, 2.05) is 12.3 Å². The largest absolute Gasteiger partial charge is 0.383 e. The maximum absolute atomic E-state index is 5.68. The summed E-state index contributed by atoms with van der Waals surface area (Å²) in [5.74, 6) is 0. The van der Waals surface area contributed by atoms with Crippen LogP contribution in [0.25, 0.3) is 0 Å². The number of hydrogen-bond donors (Lipinski definition) is 2. The number of rotatable bonds is 6. The first kappa shape index (κ1) is 11.4. The molecule has 0 saturated heterocycles. The van der Waals surface area contributed by atoms with Crippen molar-refractivity contribution < 1.29 is 4.74 Å². The SMILES string of the molecule is COCCNc1nc(CC(C)N)cs1. The van der Waals surface area contributed by atoms with Gasteiger partial charge in [-0.25, -0.2) is 4.98 Å². The zero-order chi connectivity index (χ0) is 10.4. The van der Waals surface area contributed by atoms with Crippen molar-refractivity contribution >= 4 is 16.5 Å². The molecule has 1 rings (SSSR count). The predicted octanol–water partition coefficient (Wildman–Crippen LogP) is 1.09. The van der Waals surface area contributed by atoms with Gasteiger partial charge in [-0.2, -0.15) is 0 Å². The molecule has 0 amide bonds. The number of thiazole rings is 1. The fraction of sp³-hybridized carbons (Fsp3) is 0.667. The number of aromatic nitrogens is 1. The van der Waals surface area contributed by atoms with Gasteiger partial charge >= 0.3 is 0 Å². The van der Waals surface area contributed by atoms with E-state index in [4.69, 9.17) is 10.5 Å². The summed E-state index contributed by atoms with van der Waals surface area (Å²) in [6.45, 7) is 3.47. The molecule has 0 aliphatic rings. The van der Waals surface area contributed by atoms with E-state index < -0.39 is 0 Å². The van der Waals surface area contributed by atoms with Gasteiger partial charge in [0.15, 0.2) is 5.13 Å². The van der Waals surface area contributed by atoms with Crippen LogP contribution in [0.15, 0.2) is 5.38 Å². The van der Waals surface area contributed by atoms with Crippen LogP contribution in [0.5, 0.6) is 0 Å². The minimum Gasteiger partial charge on any atom is -0.383 e. The molecule has 0 aliphatic heterocycles. The van der Waals surface area contributed by atoms with E-state index in [1.165, 1.54) is 0 Å². The van der Waals surface area contributed by atoms with Crippen molar-refractivity contribution in [3.05, 3.63) is 11.1 Å². The van der Waals surface area contributed by atoms with Gasteiger partial charge in [-0.15, -0.1) is 11.3 Å². The topological polar surface area (TPSA) is 60.2 Å². The highest BCUT2D eigenvalue weighted by molar-refractivity contribution is 7.13. The Morgan fingerprint density at radius 1 is 1.71 bits per heavy atom. The first-order chi connectivity index (χ1) is 6.72. The maximum Gasteiger partial charge on any atom is 0.182 e. The summed E-state index contributed by atoms with van der Waals surface area (Å²) in [6.07, 6.45) is 0.836. The fourth-order valence-corrected chi connectivity index (χ4v) is 1.82. The van der Waals surface area contributed by atoms with Gasteiger partial charge in [0.2, 0.25) is 0 Å². The Morgan fingerprint density at radius 2 is 2.50 bits per heavy atom. The average Bonchev–Trinajstić information content (AvgIpc) is 2.52. The van der Waals surface area contributed by atoms with Crippen molar-refractivity contribution in [2.45, 2.75) is 19.4 Å². The third kappa shape index (κ3) is 4.04. The van der Waals surface area contributed by atoms with Gasteiger partial charge in [0.25, 0.3) is 0 Å². The summed E-state index contributed by atoms with van der Waals surface area (Å²) in [4.78, 5) is 4.39. The van der Waals surface area contributed by atoms with Gasteiger partial charge in [0, 0.05) is 31.5 Å². The molecule has 80 valence electrons. The second-order valence-corrected chi connectivity index (χ2v) is 4.10. The van der Waals surface area contributed by atoms with E-state index in [9.17, 15) is 0 Å². The van der Waals surface area contributed by atoms with E-state index in [2.05, 4.69) is 10.3 Å². The second-order valence-electron chi connectivity index (χ2n) is 3.24. The van der Waals surface area contributed by atoms with Crippen molar-refractivity contribution in [3.8, 4) is 0 Å². The predicted molar refractivity (Wildman–Crippen MR) is 59.8 cm³/mol. The third-order valence-electron chi connectivity index (χ3n) is 1.67. The van der Waals surface area contributed by atoms with Crippen molar-refractivity contribution in [2.24, 2.45) is 5.73 Å². The van der Waals surface area contributed by atoms with Crippen LogP contribution in [-0.2, 0) is 11.2 Å². The summed E-state index contributed by atoms with van der Waals surface area (Å²) in [6, 6.07) is 0.170. The molecule has 1 aromatic rings. The fourth-order valence-electron chi connectivity index (χ4n) is 1.07. The number of hydrogen-bond acceptors (Lipinski definition) is 5. The van der Waals surface area contributed by atoms with Gasteiger partial charge in [-0.05, 0) is 6.92 Å². The Labute approximate surface area is 88.5 Å². The highest BCUT2D eigenvalue weighted by Crippen LogP contribution is 2.15. The summed E-state index contributed by atoms with van der Waals surface area (Å²) < 4.78 is 4.93.